The number of halogens is 2. The number of rotatable bonds is 2. The highest BCUT2D eigenvalue weighted by Crippen LogP contribution is 2.21. The summed E-state index contributed by atoms with van der Waals surface area (Å²) >= 11 is 1.47. The molecule has 98 valence electrons. The molecule has 7 heteroatoms. The average molecular weight is 299 g/mol. The molecule has 2 heterocycles. The van der Waals surface area contributed by atoms with E-state index in [1.165, 1.54) is 16.2 Å². The van der Waals surface area contributed by atoms with Crippen LogP contribution in [0.1, 0.15) is 27.3 Å². The number of nitrogens with one attached hydrogen (secondary N) is 1. The summed E-state index contributed by atoms with van der Waals surface area (Å²) in [5, 5.41) is 3.81. The van der Waals surface area contributed by atoms with Crippen LogP contribution in [0.5, 0.6) is 0 Å². The molecule has 0 saturated heterocycles. The first-order chi connectivity index (χ1) is 7.31. The van der Waals surface area contributed by atoms with E-state index in [0.717, 1.165) is 31.6 Å². The SMILES string of the molecule is CCOC(=O)c1nc2c(s1)CCNCC2.Cl.Cl. The minimum absolute atomic E-state index is 0. The number of fused-ring (bicyclic) bond motifs is 1. The molecule has 1 aliphatic rings. The maximum Gasteiger partial charge on any atom is 0.367 e. The third kappa shape index (κ3) is 4.10. The van der Waals surface area contributed by atoms with Gasteiger partial charge in [-0.15, -0.1) is 36.2 Å². The molecular formula is C10H16Cl2N2O2S. The van der Waals surface area contributed by atoms with Crippen LogP contribution in [0.15, 0.2) is 0 Å². The highest BCUT2D eigenvalue weighted by molar-refractivity contribution is 7.13. The number of hydrogen-bond acceptors (Lipinski definition) is 5. The van der Waals surface area contributed by atoms with E-state index in [0.29, 0.717) is 11.6 Å². The molecule has 1 N–H and O–H groups in total. The number of carbonyl (C=O) groups excluding carboxylic acids is 1. The fourth-order valence-corrected chi connectivity index (χ4v) is 2.59. The van der Waals surface area contributed by atoms with Crippen molar-refractivity contribution in [3.8, 4) is 0 Å². The van der Waals surface area contributed by atoms with Crippen molar-refractivity contribution in [3.05, 3.63) is 15.6 Å². The number of thiazole rings is 1. The Hall–Kier alpha value is -0.360. The van der Waals surface area contributed by atoms with Crippen LogP contribution >= 0.6 is 36.2 Å². The molecule has 1 aromatic rings. The van der Waals surface area contributed by atoms with E-state index in [2.05, 4.69) is 10.3 Å². The van der Waals surface area contributed by atoms with Gasteiger partial charge in [-0.25, -0.2) is 9.78 Å². The van der Waals surface area contributed by atoms with Crippen molar-refractivity contribution in [1.82, 2.24) is 10.3 Å². The molecule has 0 radical (unpaired) electrons. The van der Waals surface area contributed by atoms with Crippen molar-refractivity contribution < 1.29 is 9.53 Å². The molecule has 0 saturated carbocycles. The molecule has 0 aliphatic carbocycles. The van der Waals surface area contributed by atoms with E-state index < -0.39 is 0 Å². The monoisotopic (exact) mass is 298 g/mol. The lowest BCUT2D eigenvalue weighted by molar-refractivity contribution is 0.0525. The van der Waals surface area contributed by atoms with Crippen LogP contribution in [0.25, 0.3) is 0 Å². The van der Waals surface area contributed by atoms with Crippen LogP contribution in [0.2, 0.25) is 0 Å². The van der Waals surface area contributed by atoms with Gasteiger partial charge in [-0.3, -0.25) is 0 Å². The van der Waals surface area contributed by atoms with Crippen molar-refractivity contribution in [1.29, 1.82) is 0 Å². The normalized spacial score (nSPS) is 13.7. The number of hydrogen-bond donors (Lipinski definition) is 1. The first kappa shape index (κ1) is 16.6. The summed E-state index contributed by atoms with van der Waals surface area (Å²) in [5.41, 5.74) is 1.06. The Kier molecular flexibility index (Phi) is 7.70. The number of carbonyl (C=O) groups is 1. The molecule has 0 aromatic carbocycles. The quantitative estimate of drug-likeness (QED) is 0.847. The number of esters is 1. The summed E-state index contributed by atoms with van der Waals surface area (Å²) in [6.07, 6.45) is 1.87. The fraction of sp³-hybridized carbons (Fsp3) is 0.600. The maximum atomic E-state index is 11.5. The van der Waals surface area contributed by atoms with Gasteiger partial charge in [0, 0.05) is 24.4 Å². The molecule has 0 atom stereocenters. The van der Waals surface area contributed by atoms with Gasteiger partial charge in [0.1, 0.15) is 0 Å². The second-order valence-electron chi connectivity index (χ2n) is 3.36. The van der Waals surface area contributed by atoms with E-state index in [4.69, 9.17) is 4.74 Å². The predicted octanol–water partition coefficient (Wildman–Crippen LogP) is 1.85. The zero-order valence-electron chi connectivity index (χ0n) is 9.52. The molecular weight excluding hydrogens is 283 g/mol. The van der Waals surface area contributed by atoms with Crippen LogP contribution in [-0.4, -0.2) is 30.6 Å². The Balaban J connectivity index is 0.00000128. The Morgan fingerprint density at radius 2 is 2.12 bits per heavy atom. The summed E-state index contributed by atoms with van der Waals surface area (Å²) in [4.78, 5) is 17.0. The maximum absolute atomic E-state index is 11.5. The number of ether oxygens (including phenoxy) is 1. The fourth-order valence-electron chi connectivity index (χ4n) is 1.59. The van der Waals surface area contributed by atoms with E-state index in [1.807, 2.05) is 0 Å². The summed E-state index contributed by atoms with van der Waals surface area (Å²) in [7, 11) is 0. The first-order valence-electron chi connectivity index (χ1n) is 5.17. The second-order valence-corrected chi connectivity index (χ2v) is 4.44. The van der Waals surface area contributed by atoms with Crippen LogP contribution in [0.3, 0.4) is 0 Å². The molecule has 0 unspecified atom stereocenters. The van der Waals surface area contributed by atoms with E-state index in [1.54, 1.807) is 6.92 Å². The van der Waals surface area contributed by atoms with Gasteiger partial charge in [-0.2, -0.15) is 0 Å². The van der Waals surface area contributed by atoms with Gasteiger partial charge < -0.3 is 10.1 Å². The van der Waals surface area contributed by atoms with Crippen molar-refractivity contribution >= 4 is 42.1 Å². The molecule has 17 heavy (non-hydrogen) atoms. The Labute approximate surface area is 117 Å². The molecule has 0 amide bonds. The molecule has 1 aromatic heterocycles. The highest BCUT2D eigenvalue weighted by Gasteiger charge is 2.18. The standard InChI is InChI=1S/C10H14N2O2S.2ClH/c1-2-14-10(13)9-12-7-3-5-11-6-4-8(7)15-9;;/h11H,2-6H2,1H3;2*1H. The van der Waals surface area contributed by atoms with E-state index in [-0.39, 0.29) is 30.8 Å². The van der Waals surface area contributed by atoms with Crippen molar-refractivity contribution in [2.45, 2.75) is 19.8 Å². The molecule has 0 bridgehead atoms. The van der Waals surface area contributed by atoms with Crippen molar-refractivity contribution in [3.63, 3.8) is 0 Å². The Bertz CT molecular complexity index is 348. The largest absolute Gasteiger partial charge is 0.461 e. The highest BCUT2D eigenvalue weighted by atomic mass is 35.5. The van der Waals surface area contributed by atoms with Crippen LogP contribution in [0, 0.1) is 0 Å². The van der Waals surface area contributed by atoms with E-state index >= 15 is 0 Å². The summed E-state index contributed by atoms with van der Waals surface area (Å²) in [6.45, 7) is 4.13. The Morgan fingerprint density at radius 3 is 2.82 bits per heavy atom. The van der Waals surface area contributed by atoms with Gasteiger partial charge in [0.2, 0.25) is 5.01 Å². The van der Waals surface area contributed by atoms with Crippen molar-refractivity contribution in [2.75, 3.05) is 19.7 Å². The topological polar surface area (TPSA) is 51.2 Å². The minimum Gasteiger partial charge on any atom is -0.461 e. The molecule has 4 nitrogen and oxygen atoms in total. The summed E-state index contributed by atoms with van der Waals surface area (Å²) in [6, 6.07) is 0. The van der Waals surface area contributed by atoms with Gasteiger partial charge >= 0.3 is 5.97 Å². The lowest BCUT2D eigenvalue weighted by Gasteiger charge is -1.97. The number of nitrogens with zero attached hydrogens (tertiary/aromatic N) is 1. The average Bonchev–Trinajstić information content (AvgIpc) is 2.51. The second kappa shape index (κ2) is 7.87. The van der Waals surface area contributed by atoms with Gasteiger partial charge in [0.25, 0.3) is 0 Å². The van der Waals surface area contributed by atoms with Gasteiger partial charge in [0.05, 0.1) is 12.3 Å². The molecule has 0 fully saturated rings. The van der Waals surface area contributed by atoms with Crippen LogP contribution < -0.4 is 5.32 Å². The summed E-state index contributed by atoms with van der Waals surface area (Å²) in [5.74, 6) is -0.288. The summed E-state index contributed by atoms with van der Waals surface area (Å²) < 4.78 is 4.93. The number of aromatic nitrogens is 1. The molecule has 2 rings (SSSR count). The molecule has 0 spiro atoms. The van der Waals surface area contributed by atoms with Gasteiger partial charge in [-0.05, 0) is 13.3 Å². The minimum atomic E-state index is -0.288. The smallest absolute Gasteiger partial charge is 0.367 e. The Morgan fingerprint density at radius 1 is 1.41 bits per heavy atom. The van der Waals surface area contributed by atoms with Crippen molar-refractivity contribution in [2.24, 2.45) is 0 Å². The van der Waals surface area contributed by atoms with Crippen LogP contribution in [0.4, 0.5) is 0 Å². The molecule has 1 aliphatic heterocycles. The lowest BCUT2D eigenvalue weighted by atomic mass is 10.2. The third-order valence-corrected chi connectivity index (χ3v) is 3.43. The third-order valence-electron chi connectivity index (χ3n) is 2.30. The zero-order valence-corrected chi connectivity index (χ0v) is 12.0. The van der Waals surface area contributed by atoms with Crippen LogP contribution in [-0.2, 0) is 17.6 Å². The predicted molar refractivity (Wildman–Crippen MR) is 72.8 cm³/mol. The van der Waals surface area contributed by atoms with E-state index in [9.17, 15) is 4.79 Å². The lowest BCUT2D eigenvalue weighted by Crippen LogP contribution is -2.16. The first-order valence-corrected chi connectivity index (χ1v) is 5.99. The van der Waals surface area contributed by atoms with Gasteiger partial charge in [-0.1, -0.05) is 0 Å². The van der Waals surface area contributed by atoms with Gasteiger partial charge in [0.15, 0.2) is 0 Å². The zero-order chi connectivity index (χ0) is 10.7.